The number of ether oxygens (including phenoxy) is 3. The van der Waals surface area contributed by atoms with Gasteiger partial charge in [0.2, 0.25) is 0 Å². The maximum atomic E-state index is 12.8. The number of rotatable bonds is 10. The fourth-order valence-corrected chi connectivity index (χ4v) is 3.09. The molecule has 156 valence electrons. The second-order valence-corrected chi connectivity index (χ2v) is 6.59. The predicted molar refractivity (Wildman–Crippen MR) is 115 cm³/mol. The summed E-state index contributed by atoms with van der Waals surface area (Å²) >= 11 is 0. The number of amides is 1. The second-order valence-electron chi connectivity index (χ2n) is 6.59. The van der Waals surface area contributed by atoms with E-state index in [-0.39, 0.29) is 5.91 Å². The quantitative estimate of drug-likeness (QED) is 0.479. The smallest absolute Gasteiger partial charge is 0.255 e. The Morgan fingerprint density at radius 3 is 2.67 bits per heavy atom. The van der Waals surface area contributed by atoms with Crippen LogP contribution in [0, 0.1) is 0 Å². The van der Waals surface area contributed by atoms with Crippen molar-refractivity contribution in [2.75, 3.05) is 19.5 Å². The molecule has 30 heavy (non-hydrogen) atoms. The van der Waals surface area contributed by atoms with Gasteiger partial charge in [0.05, 0.1) is 27.1 Å². The first-order valence-electron chi connectivity index (χ1n) is 9.50. The Balaban J connectivity index is 1.70. The number of hydrogen-bond donors (Lipinski definition) is 1. The number of benzene rings is 2. The van der Waals surface area contributed by atoms with Crippen molar-refractivity contribution in [3.8, 4) is 11.5 Å². The molecule has 3 aromatic rings. The lowest BCUT2D eigenvalue weighted by Crippen LogP contribution is -2.13. The number of anilines is 1. The molecule has 0 spiro atoms. The maximum absolute atomic E-state index is 12.8. The largest absolute Gasteiger partial charge is 0.493 e. The summed E-state index contributed by atoms with van der Waals surface area (Å²) in [5, 5.41) is 2.93. The van der Waals surface area contributed by atoms with Gasteiger partial charge in [-0.3, -0.25) is 4.79 Å². The van der Waals surface area contributed by atoms with Crippen LogP contribution in [0.15, 0.2) is 71.9 Å². The first-order valence-corrected chi connectivity index (χ1v) is 9.50. The van der Waals surface area contributed by atoms with Gasteiger partial charge in [-0.25, -0.2) is 0 Å². The van der Waals surface area contributed by atoms with Gasteiger partial charge in [0.25, 0.3) is 5.91 Å². The van der Waals surface area contributed by atoms with Gasteiger partial charge in [-0.05, 0) is 48.4 Å². The molecule has 0 radical (unpaired) electrons. The monoisotopic (exact) mass is 407 g/mol. The fourth-order valence-electron chi connectivity index (χ4n) is 3.09. The van der Waals surface area contributed by atoms with Crippen molar-refractivity contribution >= 4 is 11.6 Å². The summed E-state index contributed by atoms with van der Waals surface area (Å²) in [5.74, 6) is 1.63. The first-order chi connectivity index (χ1) is 14.6. The number of furan rings is 1. The van der Waals surface area contributed by atoms with Crippen LogP contribution in [0.2, 0.25) is 0 Å². The number of carbonyl (C=O) groups is 1. The lowest BCUT2D eigenvalue weighted by Gasteiger charge is -2.14. The molecule has 1 aromatic heterocycles. The molecule has 1 amide bonds. The van der Waals surface area contributed by atoms with Crippen molar-refractivity contribution in [3.05, 3.63) is 89.9 Å². The van der Waals surface area contributed by atoms with Crippen LogP contribution in [0.25, 0.3) is 0 Å². The normalized spacial score (nSPS) is 10.5. The van der Waals surface area contributed by atoms with Crippen LogP contribution in [0.3, 0.4) is 0 Å². The van der Waals surface area contributed by atoms with Crippen molar-refractivity contribution in [2.24, 2.45) is 0 Å². The zero-order valence-corrected chi connectivity index (χ0v) is 17.1. The molecule has 6 nitrogen and oxygen atoms in total. The highest BCUT2D eigenvalue weighted by Gasteiger charge is 2.16. The lowest BCUT2D eigenvalue weighted by molar-refractivity contribution is 0.0929. The molecule has 0 saturated heterocycles. The molecule has 0 atom stereocenters. The number of carbonyl (C=O) groups excluding carboxylic acids is 1. The minimum absolute atomic E-state index is 0.241. The van der Waals surface area contributed by atoms with Gasteiger partial charge >= 0.3 is 0 Å². The van der Waals surface area contributed by atoms with Crippen molar-refractivity contribution in [1.29, 1.82) is 0 Å². The van der Waals surface area contributed by atoms with E-state index < -0.39 is 0 Å². The summed E-state index contributed by atoms with van der Waals surface area (Å²) in [6, 6.07) is 14.7. The van der Waals surface area contributed by atoms with Crippen LogP contribution in [-0.4, -0.2) is 20.1 Å². The zero-order valence-electron chi connectivity index (χ0n) is 17.1. The van der Waals surface area contributed by atoms with E-state index in [1.165, 1.54) is 0 Å². The van der Waals surface area contributed by atoms with Crippen molar-refractivity contribution in [2.45, 2.75) is 19.6 Å². The van der Waals surface area contributed by atoms with E-state index in [2.05, 4.69) is 11.9 Å². The zero-order chi connectivity index (χ0) is 21.3. The van der Waals surface area contributed by atoms with E-state index in [0.717, 1.165) is 16.9 Å². The molecule has 1 heterocycles. The molecule has 1 N–H and O–H groups in total. The molecule has 0 bridgehead atoms. The SMILES string of the molecule is C=CCc1cc(C(=O)Nc2cccc(COCc3ccco3)c2)cc(OC)c1OC. The minimum atomic E-state index is -0.241. The van der Waals surface area contributed by atoms with Crippen LogP contribution in [-0.2, 0) is 24.4 Å². The lowest BCUT2D eigenvalue weighted by atomic mass is 10.0. The number of nitrogens with one attached hydrogen (secondary N) is 1. The molecular weight excluding hydrogens is 382 g/mol. The molecule has 0 aliphatic carbocycles. The topological polar surface area (TPSA) is 69.9 Å². The van der Waals surface area contributed by atoms with Crippen molar-refractivity contribution in [3.63, 3.8) is 0 Å². The molecule has 6 heteroatoms. The number of methoxy groups -OCH3 is 2. The Bertz CT molecular complexity index is 995. The highest BCUT2D eigenvalue weighted by atomic mass is 16.5. The molecule has 0 aliphatic heterocycles. The molecule has 0 unspecified atom stereocenters. The standard InChI is InChI=1S/C24H25NO5/c1-4-7-18-13-19(14-22(27-2)23(18)28-3)24(26)25-20-9-5-8-17(12-20)15-29-16-21-10-6-11-30-21/h4-6,8-14H,1,7,15-16H2,2-3H3,(H,25,26). The predicted octanol–water partition coefficient (Wildman–Crippen LogP) is 4.99. The fraction of sp³-hybridized carbons (Fsp3) is 0.208. The van der Waals surface area contributed by atoms with Crippen LogP contribution in [0.5, 0.6) is 11.5 Å². The van der Waals surface area contributed by atoms with E-state index >= 15 is 0 Å². The van der Waals surface area contributed by atoms with Gasteiger partial charge in [0.1, 0.15) is 12.4 Å². The average Bonchev–Trinajstić information content (AvgIpc) is 3.27. The average molecular weight is 407 g/mol. The van der Waals surface area contributed by atoms with Crippen LogP contribution < -0.4 is 14.8 Å². The van der Waals surface area contributed by atoms with Crippen molar-refractivity contribution in [1.82, 2.24) is 0 Å². The van der Waals surface area contributed by atoms with Gasteiger partial charge in [0, 0.05) is 16.8 Å². The molecule has 2 aromatic carbocycles. The Hall–Kier alpha value is -3.51. The second kappa shape index (κ2) is 10.3. The van der Waals surface area contributed by atoms with Gasteiger partial charge in [0.15, 0.2) is 11.5 Å². The molecular formula is C24H25NO5. The van der Waals surface area contributed by atoms with Gasteiger partial charge < -0.3 is 23.9 Å². The Morgan fingerprint density at radius 2 is 1.97 bits per heavy atom. The summed E-state index contributed by atoms with van der Waals surface area (Å²) in [6.45, 7) is 4.56. The third-order valence-corrected chi connectivity index (χ3v) is 4.46. The van der Waals surface area contributed by atoms with E-state index in [9.17, 15) is 4.79 Å². The number of hydrogen-bond acceptors (Lipinski definition) is 5. The van der Waals surface area contributed by atoms with E-state index in [1.54, 1.807) is 38.7 Å². The van der Waals surface area contributed by atoms with E-state index in [1.807, 2.05) is 36.4 Å². The Morgan fingerprint density at radius 1 is 1.10 bits per heavy atom. The Kier molecular flexibility index (Phi) is 7.29. The van der Waals surface area contributed by atoms with Crippen LogP contribution >= 0.6 is 0 Å². The van der Waals surface area contributed by atoms with Crippen LogP contribution in [0.1, 0.15) is 27.2 Å². The summed E-state index contributed by atoms with van der Waals surface area (Å²) in [5.41, 5.74) is 2.93. The highest BCUT2D eigenvalue weighted by molar-refractivity contribution is 6.05. The summed E-state index contributed by atoms with van der Waals surface area (Å²) in [7, 11) is 3.12. The minimum Gasteiger partial charge on any atom is -0.493 e. The Labute approximate surface area is 176 Å². The van der Waals surface area contributed by atoms with E-state index in [0.29, 0.717) is 42.4 Å². The summed E-state index contributed by atoms with van der Waals surface area (Å²) in [4.78, 5) is 12.8. The molecule has 0 saturated carbocycles. The van der Waals surface area contributed by atoms with E-state index in [4.69, 9.17) is 18.6 Å². The third-order valence-electron chi connectivity index (χ3n) is 4.46. The number of allylic oxidation sites excluding steroid dienone is 1. The first kappa shape index (κ1) is 21.2. The van der Waals surface area contributed by atoms with Gasteiger partial charge in [-0.15, -0.1) is 6.58 Å². The van der Waals surface area contributed by atoms with Crippen molar-refractivity contribution < 1.29 is 23.4 Å². The third kappa shape index (κ3) is 5.30. The van der Waals surface area contributed by atoms with Gasteiger partial charge in [-0.1, -0.05) is 18.2 Å². The molecule has 3 rings (SSSR count). The summed E-state index contributed by atoms with van der Waals surface area (Å²) in [6.07, 6.45) is 3.93. The highest BCUT2D eigenvalue weighted by Crippen LogP contribution is 2.33. The van der Waals surface area contributed by atoms with Crippen LogP contribution in [0.4, 0.5) is 5.69 Å². The maximum Gasteiger partial charge on any atom is 0.255 e. The molecule has 0 fully saturated rings. The molecule has 0 aliphatic rings. The summed E-state index contributed by atoms with van der Waals surface area (Å²) < 4.78 is 21.7. The van der Waals surface area contributed by atoms with Gasteiger partial charge in [-0.2, -0.15) is 0 Å².